The summed E-state index contributed by atoms with van der Waals surface area (Å²) in [6.07, 6.45) is 0. The van der Waals surface area contributed by atoms with E-state index in [9.17, 15) is 9.67 Å². The van der Waals surface area contributed by atoms with Crippen molar-refractivity contribution in [2.75, 3.05) is 13.3 Å². The van der Waals surface area contributed by atoms with Crippen LogP contribution in [0.5, 0.6) is 0 Å². The van der Waals surface area contributed by atoms with Crippen LogP contribution >= 0.6 is 7.14 Å². The summed E-state index contributed by atoms with van der Waals surface area (Å²) in [4.78, 5) is 0. The average molecular weight is 184 g/mol. The lowest BCUT2D eigenvalue weighted by Crippen LogP contribution is -1.96. The van der Waals surface area contributed by atoms with Gasteiger partial charge < -0.3 is 9.67 Å². The maximum atomic E-state index is 11.5. The molecule has 1 unspecified atom stereocenters. The van der Waals surface area contributed by atoms with Gasteiger partial charge in [0.25, 0.3) is 0 Å². The zero-order valence-electron chi connectivity index (χ0n) is 7.27. The molecule has 0 saturated carbocycles. The quantitative estimate of drug-likeness (QED) is 0.716. The number of rotatable bonds is 2. The molecule has 3 heteroatoms. The fourth-order valence-electron chi connectivity index (χ4n) is 0.984. The minimum Gasteiger partial charge on any atom is -0.381 e. The Kier molecular flexibility index (Phi) is 2.71. The lowest BCUT2D eigenvalue weighted by Gasteiger charge is -2.15. The van der Waals surface area contributed by atoms with Gasteiger partial charge in [0.15, 0.2) is 0 Å². The van der Waals surface area contributed by atoms with Gasteiger partial charge in [0.05, 0.1) is 0 Å². The van der Waals surface area contributed by atoms with Crippen LogP contribution in [0.15, 0.2) is 30.3 Å². The zero-order chi connectivity index (χ0) is 9.19. The number of aliphatic hydroxyl groups is 1. The first kappa shape index (κ1) is 9.50. The second kappa shape index (κ2) is 3.42. The van der Waals surface area contributed by atoms with Crippen molar-refractivity contribution in [1.82, 2.24) is 0 Å². The van der Waals surface area contributed by atoms with E-state index in [1.165, 1.54) is 0 Å². The summed E-state index contributed by atoms with van der Waals surface area (Å²) in [7, 11) is -2.42. The molecule has 1 aromatic rings. The SMILES string of the molecule is CP(C)(=O)C(O)c1ccccc1. The second-order valence-electron chi connectivity index (χ2n) is 3.22. The Labute approximate surface area is 72.6 Å². The Morgan fingerprint density at radius 3 is 2.17 bits per heavy atom. The van der Waals surface area contributed by atoms with Gasteiger partial charge in [-0.2, -0.15) is 0 Å². The van der Waals surface area contributed by atoms with Gasteiger partial charge in [-0.3, -0.25) is 0 Å². The van der Waals surface area contributed by atoms with Crippen molar-refractivity contribution in [1.29, 1.82) is 0 Å². The highest BCUT2D eigenvalue weighted by Gasteiger charge is 2.21. The first-order chi connectivity index (χ1) is 5.52. The van der Waals surface area contributed by atoms with Crippen molar-refractivity contribution in [2.24, 2.45) is 0 Å². The molecule has 1 aromatic carbocycles. The van der Waals surface area contributed by atoms with Gasteiger partial charge in [-0.15, -0.1) is 0 Å². The molecule has 0 spiro atoms. The van der Waals surface area contributed by atoms with Crippen LogP contribution in [0.2, 0.25) is 0 Å². The van der Waals surface area contributed by atoms with E-state index in [2.05, 4.69) is 0 Å². The fourth-order valence-corrected chi connectivity index (χ4v) is 1.87. The van der Waals surface area contributed by atoms with E-state index in [-0.39, 0.29) is 0 Å². The summed E-state index contributed by atoms with van der Waals surface area (Å²) in [5, 5.41) is 9.59. The molecular formula is C9H13O2P. The van der Waals surface area contributed by atoms with Crippen molar-refractivity contribution >= 4 is 7.14 Å². The summed E-state index contributed by atoms with van der Waals surface area (Å²) < 4.78 is 11.5. The van der Waals surface area contributed by atoms with E-state index in [1.54, 1.807) is 25.5 Å². The molecule has 0 saturated heterocycles. The molecule has 0 aromatic heterocycles. The lowest BCUT2D eigenvalue weighted by molar-refractivity contribution is 0.255. The first-order valence-corrected chi connectivity index (χ1v) is 6.46. The molecule has 66 valence electrons. The lowest BCUT2D eigenvalue weighted by atomic mass is 10.2. The van der Waals surface area contributed by atoms with Crippen molar-refractivity contribution in [2.45, 2.75) is 5.85 Å². The predicted molar refractivity (Wildman–Crippen MR) is 50.9 cm³/mol. The number of hydrogen-bond donors (Lipinski definition) is 1. The third-order valence-electron chi connectivity index (χ3n) is 1.69. The summed E-state index contributed by atoms with van der Waals surface area (Å²) in [6, 6.07) is 9.09. The number of aliphatic hydroxyl groups excluding tert-OH is 1. The zero-order valence-corrected chi connectivity index (χ0v) is 8.16. The Hall–Kier alpha value is -0.590. The number of hydrogen-bond acceptors (Lipinski definition) is 2. The van der Waals surface area contributed by atoms with Gasteiger partial charge in [0.1, 0.15) is 13.0 Å². The summed E-state index contributed by atoms with van der Waals surface area (Å²) in [5.74, 6) is -0.821. The second-order valence-corrected chi connectivity index (χ2v) is 6.58. The van der Waals surface area contributed by atoms with E-state index in [0.717, 1.165) is 5.56 Å². The molecular weight excluding hydrogens is 171 g/mol. The molecule has 1 N–H and O–H groups in total. The normalized spacial score (nSPS) is 14.2. The summed E-state index contributed by atoms with van der Waals surface area (Å²) in [5.41, 5.74) is 0.728. The molecule has 1 rings (SSSR count). The molecule has 0 aliphatic carbocycles. The van der Waals surface area contributed by atoms with E-state index < -0.39 is 13.0 Å². The summed E-state index contributed by atoms with van der Waals surface area (Å²) >= 11 is 0. The predicted octanol–water partition coefficient (Wildman–Crippen LogP) is 2.30. The Bertz CT molecular complexity index is 289. The van der Waals surface area contributed by atoms with E-state index in [0.29, 0.717) is 0 Å². The molecule has 0 bridgehead atoms. The van der Waals surface area contributed by atoms with Crippen LogP contribution in [0, 0.1) is 0 Å². The molecule has 12 heavy (non-hydrogen) atoms. The van der Waals surface area contributed by atoms with Gasteiger partial charge in [-0.1, -0.05) is 30.3 Å². The molecule has 2 nitrogen and oxygen atoms in total. The van der Waals surface area contributed by atoms with Crippen molar-refractivity contribution < 1.29 is 9.67 Å². The van der Waals surface area contributed by atoms with Crippen LogP contribution in [-0.4, -0.2) is 18.4 Å². The molecule has 0 radical (unpaired) electrons. The Balaban J connectivity index is 2.94. The topological polar surface area (TPSA) is 37.3 Å². The standard InChI is InChI=1S/C9H13O2P/c1-12(2,11)9(10)8-6-4-3-5-7-8/h3-7,9-10H,1-2H3. The van der Waals surface area contributed by atoms with Crippen LogP contribution in [-0.2, 0) is 4.57 Å². The third-order valence-corrected chi connectivity index (χ3v) is 3.16. The van der Waals surface area contributed by atoms with Crippen molar-refractivity contribution in [3.63, 3.8) is 0 Å². The van der Waals surface area contributed by atoms with Gasteiger partial charge in [-0.05, 0) is 18.9 Å². The average Bonchev–Trinajstić information content (AvgIpc) is 2.03. The van der Waals surface area contributed by atoms with Crippen molar-refractivity contribution in [3.05, 3.63) is 35.9 Å². The molecule has 0 aliphatic rings. The minimum atomic E-state index is -2.42. The minimum absolute atomic E-state index is 0.728. The first-order valence-electron chi connectivity index (χ1n) is 3.79. The Morgan fingerprint density at radius 2 is 1.75 bits per heavy atom. The van der Waals surface area contributed by atoms with Gasteiger partial charge >= 0.3 is 0 Å². The third kappa shape index (κ3) is 2.20. The monoisotopic (exact) mass is 184 g/mol. The maximum absolute atomic E-state index is 11.5. The van der Waals surface area contributed by atoms with Crippen LogP contribution in [0.1, 0.15) is 11.4 Å². The highest BCUT2D eigenvalue weighted by molar-refractivity contribution is 7.62. The van der Waals surface area contributed by atoms with E-state index in [1.807, 2.05) is 18.2 Å². The number of benzene rings is 1. The molecule has 0 amide bonds. The molecule has 0 aliphatic heterocycles. The van der Waals surface area contributed by atoms with Crippen LogP contribution in [0.4, 0.5) is 0 Å². The van der Waals surface area contributed by atoms with Gasteiger partial charge in [0, 0.05) is 0 Å². The van der Waals surface area contributed by atoms with Gasteiger partial charge in [-0.25, -0.2) is 0 Å². The largest absolute Gasteiger partial charge is 0.381 e. The molecule has 0 heterocycles. The maximum Gasteiger partial charge on any atom is 0.131 e. The van der Waals surface area contributed by atoms with Crippen LogP contribution in [0.3, 0.4) is 0 Å². The highest BCUT2D eigenvalue weighted by Crippen LogP contribution is 2.50. The summed E-state index contributed by atoms with van der Waals surface area (Å²) in [6.45, 7) is 3.18. The van der Waals surface area contributed by atoms with Gasteiger partial charge in [0.2, 0.25) is 0 Å². The smallest absolute Gasteiger partial charge is 0.131 e. The van der Waals surface area contributed by atoms with E-state index >= 15 is 0 Å². The Morgan fingerprint density at radius 1 is 1.25 bits per heavy atom. The van der Waals surface area contributed by atoms with Crippen LogP contribution < -0.4 is 0 Å². The molecule has 0 fully saturated rings. The highest BCUT2D eigenvalue weighted by atomic mass is 31.2. The van der Waals surface area contributed by atoms with Crippen molar-refractivity contribution in [3.8, 4) is 0 Å². The van der Waals surface area contributed by atoms with E-state index in [4.69, 9.17) is 0 Å². The van der Waals surface area contributed by atoms with Crippen LogP contribution in [0.25, 0.3) is 0 Å². The molecule has 1 atom stereocenters. The fraction of sp³-hybridized carbons (Fsp3) is 0.333.